The van der Waals surface area contributed by atoms with E-state index in [1.165, 1.54) is 0 Å². The van der Waals surface area contributed by atoms with Crippen molar-refractivity contribution in [3.63, 3.8) is 0 Å². The van der Waals surface area contributed by atoms with Crippen molar-refractivity contribution in [2.24, 2.45) is 0 Å². The molecule has 21 heavy (non-hydrogen) atoms. The summed E-state index contributed by atoms with van der Waals surface area (Å²) < 4.78 is 0. The summed E-state index contributed by atoms with van der Waals surface area (Å²) in [6, 6.07) is 0. The average molecular weight is 344 g/mol. The third-order valence-electron chi connectivity index (χ3n) is 1.56. The molecule has 0 spiro atoms. The molecular formula is C8H8O12Ti. The Kier molecular flexibility index (Phi) is 13.0. The molecule has 4 atom stereocenters. The summed E-state index contributed by atoms with van der Waals surface area (Å²) in [5.74, 6) is -8.23. The normalized spacial score (nSPS) is 15.0. The van der Waals surface area contributed by atoms with Crippen LogP contribution in [0, 0.1) is 0 Å². The largest absolute Gasteiger partial charge is 4.00 e. The van der Waals surface area contributed by atoms with Crippen LogP contribution in [-0.2, 0) is 40.9 Å². The number of rotatable bonds is 6. The Morgan fingerprint density at radius 3 is 0.667 bits per heavy atom. The predicted octanol–water partition coefficient (Wildman–Crippen LogP) is -9.59. The van der Waals surface area contributed by atoms with Gasteiger partial charge in [-0.3, -0.25) is 0 Å². The summed E-state index contributed by atoms with van der Waals surface area (Å²) in [4.78, 5) is 38.5. The first kappa shape index (κ1) is 24.5. The maximum atomic E-state index is 9.63. The van der Waals surface area contributed by atoms with Gasteiger partial charge in [0.25, 0.3) is 0 Å². The number of carbonyl (C=O) groups excluding carboxylic acids is 4. The molecule has 0 aliphatic carbocycles. The van der Waals surface area contributed by atoms with E-state index in [1.807, 2.05) is 0 Å². The van der Waals surface area contributed by atoms with Gasteiger partial charge in [-0.25, -0.2) is 0 Å². The van der Waals surface area contributed by atoms with Gasteiger partial charge in [-0.15, -0.1) is 0 Å². The van der Waals surface area contributed by atoms with Gasteiger partial charge in [0, 0.05) is 0 Å². The zero-order valence-corrected chi connectivity index (χ0v) is 11.4. The molecule has 0 amide bonds. The molecule has 12 nitrogen and oxygen atoms in total. The van der Waals surface area contributed by atoms with E-state index in [0.29, 0.717) is 0 Å². The second kappa shape index (κ2) is 11.1. The Bertz CT molecular complexity index is 309. The molecule has 4 unspecified atom stereocenters. The zero-order valence-electron chi connectivity index (χ0n) is 9.86. The topological polar surface area (TPSA) is 241 Å². The molecule has 0 aromatic rings. The number of hydrogen-bond acceptors (Lipinski definition) is 12. The molecule has 0 fully saturated rings. The summed E-state index contributed by atoms with van der Waals surface area (Å²) in [6.07, 6.45) is -9.76. The van der Waals surface area contributed by atoms with E-state index in [9.17, 15) is 39.6 Å². The second-order valence-corrected chi connectivity index (χ2v) is 3.06. The molecule has 13 heteroatoms. The van der Waals surface area contributed by atoms with Crippen LogP contribution in [0.5, 0.6) is 0 Å². The van der Waals surface area contributed by atoms with Crippen LogP contribution >= 0.6 is 0 Å². The number of carboxylic acids is 4. The van der Waals surface area contributed by atoms with E-state index >= 15 is 0 Å². The molecule has 0 aliphatic heterocycles. The summed E-state index contributed by atoms with van der Waals surface area (Å²) in [6.45, 7) is 0. The fourth-order valence-electron chi connectivity index (χ4n) is 0.516. The van der Waals surface area contributed by atoms with E-state index in [-0.39, 0.29) is 21.7 Å². The minimum Gasteiger partial charge on any atom is -0.547 e. The number of carbonyl (C=O) groups is 4. The summed E-state index contributed by atoms with van der Waals surface area (Å²) in [5.41, 5.74) is 0. The summed E-state index contributed by atoms with van der Waals surface area (Å²) in [7, 11) is 0. The van der Waals surface area contributed by atoms with Crippen LogP contribution in [0.3, 0.4) is 0 Å². The minimum atomic E-state index is -2.44. The number of aliphatic hydroxyl groups is 4. The Balaban J connectivity index is -0.000000295. The van der Waals surface area contributed by atoms with E-state index in [1.54, 1.807) is 0 Å². The molecule has 0 aliphatic rings. The van der Waals surface area contributed by atoms with Gasteiger partial charge in [-0.05, 0) is 0 Å². The maximum absolute atomic E-state index is 9.63. The molecule has 0 heterocycles. The quantitative estimate of drug-likeness (QED) is 0.328. The maximum Gasteiger partial charge on any atom is 4.00 e. The van der Waals surface area contributed by atoms with Crippen LogP contribution < -0.4 is 20.4 Å². The van der Waals surface area contributed by atoms with Crippen molar-refractivity contribution in [2.75, 3.05) is 0 Å². The second-order valence-electron chi connectivity index (χ2n) is 3.06. The predicted molar refractivity (Wildman–Crippen MR) is 44.1 cm³/mol. The number of aliphatic hydroxyl groups excluding tert-OH is 4. The minimum absolute atomic E-state index is 0. The Hall–Kier alpha value is -1.57. The molecular weight excluding hydrogens is 336 g/mol. The molecule has 0 aromatic carbocycles. The first-order valence-corrected chi connectivity index (χ1v) is 4.49. The van der Waals surface area contributed by atoms with E-state index < -0.39 is 48.3 Å². The average Bonchev–Trinajstić information content (AvgIpc) is 2.35. The van der Waals surface area contributed by atoms with E-state index in [2.05, 4.69) is 0 Å². The zero-order chi connectivity index (χ0) is 16.6. The monoisotopic (exact) mass is 344 g/mol. The summed E-state index contributed by atoms with van der Waals surface area (Å²) >= 11 is 0. The van der Waals surface area contributed by atoms with Crippen molar-refractivity contribution in [3.8, 4) is 0 Å². The SMILES string of the molecule is O=C([O-])C(O)C(O)C(=O)[O-].O=C([O-])C(O)C(O)C(=O)[O-].[Ti+4]. The number of aliphatic carboxylic acids is 4. The third kappa shape index (κ3) is 9.89. The van der Waals surface area contributed by atoms with Crippen molar-refractivity contribution in [2.45, 2.75) is 24.4 Å². The smallest absolute Gasteiger partial charge is 0.547 e. The number of carboxylic acid groups (broad SMARTS) is 4. The van der Waals surface area contributed by atoms with Crippen LogP contribution in [0.15, 0.2) is 0 Å². The van der Waals surface area contributed by atoms with Crippen LogP contribution in [0.2, 0.25) is 0 Å². The third-order valence-corrected chi connectivity index (χ3v) is 1.56. The van der Waals surface area contributed by atoms with Crippen molar-refractivity contribution in [3.05, 3.63) is 0 Å². The van der Waals surface area contributed by atoms with E-state index in [4.69, 9.17) is 20.4 Å². The summed E-state index contributed by atoms with van der Waals surface area (Å²) in [5, 5.41) is 71.5. The first-order chi connectivity index (χ1) is 8.93. The molecule has 0 aromatic heterocycles. The van der Waals surface area contributed by atoms with Gasteiger partial charge in [0.2, 0.25) is 0 Å². The molecule has 116 valence electrons. The van der Waals surface area contributed by atoms with Gasteiger partial charge in [0.05, 0.1) is 23.9 Å². The first-order valence-electron chi connectivity index (χ1n) is 4.49. The van der Waals surface area contributed by atoms with Gasteiger partial charge in [-0.2, -0.15) is 0 Å². The molecule has 0 saturated carbocycles. The van der Waals surface area contributed by atoms with E-state index in [0.717, 1.165) is 0 Å². The van der Waals surface area contributed by atoms with Crippen LogP contribution in [0.25, 0.3) is 0 Å². The number of hydrogen-bond donors (Lipinski definition) is 4. The van der Waals surface area contributed by atoms with Crippen molar-refractivity contribution in [1.82, 2.24) is 0 Å². The van der Waals surface area contributed by atoms with Crippen molar-refractivity contribution < 1.29 is 81.7 Å². The van der Waals surface area contributed by atoms with Gasteiger partial charge in [-0.1, -0.05) is 0 Å². The fraction of sp³-hybridized carbons (Fsp3) is 0.500. The van der Waals surface area contributed by atoms with Gasteiger partial charge < -0.3 is 60.0 Å². The van der Waals surface area contributed by atoms with Crippen LogP contribution in [-0.4, -0.2) is 68.7 Å². The van der Waals surface area contributed by atoms with Gasteiger partial charge >= 0.3 is 21.7 Å². The Morgan fingerprint density at radius 2 is 0.619 bits per heavy atom. The van der Waals surface area contributed by atoms with Crippen molar-refractivity contribution >= 4 is 23.9 Å². The van der Waals surface area contributed by atoms with Gasteiger partial charge in [0.1, 0.15) is 24.4 Å². The Morgan fingerprint density at radius 1 is 0.524 bits per heavy atom. The molecule has 4 N–H and O–H groups in total. The van der Waals surface area contributed by atoms with Crippen LogP contribution in [0.4, 0.5) is 0 Å². The molecule has 0 bridgehead atoms. The fourth-order valence-corrected chi connectivity index (χ4v) is 0.516. The molecule has 0 rings (SSSR count). The van der Waals surface area contributed by atoms with Crippen molar-refractivity contribution in [1.29, 1.82) is 0 Å². The standard InChI is InChI=1S/2C4H6O6.Ti/c2*5-1(3(7)8)2(6)4(9)10;/h2*1-2,5-6H,(H,7,8)(H,9,10);/q;;+4/p-4. The molecule has 0 saturated heterocycles. The Labute approximate surface area is 130 Å². The van der Waals surface area contributed by atoms with Crippen LogP contribution in [0.1, 0.15) is 0 Å². The molecule has 0 radical (unpaired) electrons. The van der Waals surface area contributed by atoms with Gasteiger partial charge in [0.15, 0.2) is 0 Å².